The zero-order valence-corrected chi connectivity index (χ0v) is 29.7. The number of likely N-dealkylation sites (N-methyl/N-ethyl adjacent to an activating group) is 1. The summed E-state index contributed by atoms with van der Waals surface area (Å²) in [6, 6.07) is 16.9. The highest BCUT2D eigenvalue weighted by molar-refractivity contribution is 5.99. The number of carboxylic acids is 2. The Morgan fingerprint density at radius 3 is 2.14 bits per heavy atom. The highest BCUT2D eigenvalue weighted by Crippen LogP contribution is 2.36. The number of aliphatic carboxylic acids is 2. The minimum absolute atomic E-state index is 0.221. The Morgan fingerprint density at radius 1 is 0.947 bits per heavy atom. The number of hydrogen-bond acceptors (Lipinski definition) is 8. The number of alkyl halides is 6. The molecule has 0 saturated carbocycles. The van der Waals surface area contributed by atoms with Crippen molar-refractivity contribution in [2.45, 2.75) is 31.7 Å². The van der Waals surface area contributed by atoms with Gasteiger partial charge in [-0.15, -0.1) is 0 Å². The summed E-state index contributed by atoms with van der Waals surface area (Å²) in [6.07, 6.45) is -6.31. The van der Waals surface area contributed by atoms with E-state index < -0.39 is 42.1 Å². The van der Waals surface area contributed by atoms with Gasteiger partial charge in [-0.05, 0) is 53.8 Å². The molecule has 3 aromatic carbocycles. The van der Waals surface area contributed by atoms with E-state index in [-0.39, 0.29) is 11.7 Å². The topological polar surface area (TPSA) is 221 Å². The number of aryl methyl sites for hydroxylation is 1. The number of H-pyrrole nitrogens is 1. The molecular formula is C36H33F7N8O6. The number of fused-ring (bicyclic) bond motifs is 1. The van der Waals surface area contributed by atoms with Crippen molar-refractivity contribution in [2.24, 2.45) is 5.73 Å². The second-order valence-corrected chi connectivity index (χ2v) is 12.1. The van der Waals surface area contributed by atoms with Gasteiger partial charge in [0.25, 0.3) is 0 Å². The second-order valence-electron chi connectivity index (χ2n) is 12.1. The number of anilines is 3. The quantitative estimate of drug-likeness (QED) is 0.0955. The highest BCUT2D eigenvalue weighted by atomic mass is 19.4. The van der Waals surface area contributed by atoms with Gasteiger partial charge in [0.1, 0.15) is 17.7 Å². The number of aromatic nitrogens is 3. The molecule has 1 aliphatic rings. The van der Waals surface area contributed by atoms with Gasteiger partial charge in [-0.3, -0.25) is 9.69 Å². The molecule has 0 spiro atoms. The number of amides is 3. The Morgan fingerprint density at radius 2 is 1.58 bits per heavy atom. The van der Waals surface area contributed by atoms with E-state index in [9.17, 15) is 35.9 Å². The summed E-state index contributed by atoms with van der Waals surface area (Å²) in [6.45, 7) is 2.86. The van der Waals surface area contributed by atoms with Crippen molar-refractivity contribution in [3.8, 4) is 11.3 Å². The van der Waals surface area contributed by atoms with Crippen molar-refractivity contribution in [1.82, 2.24) is 19.9 Å². The first kappa shape index (κ1) is 42.8. The van der Waals surface area contributed by atoms with Crippen LogP contribution in [0.15, 0.2) is 73.1 Å². The number of aromatic amines is 1. The Hall–Kier alpha value is -6.93. The largest absolute Gasteiger partial charge is 0.490 e. The second kappa shape index (κ2) is 17.3. The van der Waals surface area contributed by atoms with Crippen LogP contribution in [-0.2, 0) is 16.0 Å². The Bertz CT molecular complexity index is 2270. The number of pyridine rings is 1. The summed E-state index contributed by atoms with van der Waals surface area (Å²) in [7, 11) is 1.70. The standard InChI is InChI=1S/C32H31FN8O2.2C2HF3O2/c1-3-18-14-24(27(33)26(15-18)41-13-12-40(2)32(41)43)28(38-20-8-9-21-19(16-20)10-11-36-29(21)34)31-37-17-25(39-31)22-6-4-5-7-23(22)30(35)42;2*3-2(4,5)1(6)7/h4-11,14-17,28,38H,3,12-13H2,1-2H3,(H2,34,36)(H2,35,42)(H,37,39);2*(H,6,7). The monoisotopic (exact) mass is 806 g/mol. The van der Waals surface area contributed by atoms with E-state index in [1.165, 1.54) is 4.90 Å². The first-order valence-electron chi connectivity index (χ1n) is 16.4. The SMILES string of the molecule is CCc1cc(C(Nc2ccc3c(N)nccc3c2)c2ncc(-c3ccccc3C(N)=O)[nH]2)c(F)c(N2CCN(C)C2=O)c1.O=C(O)C(F)(F)F.O=C(O)C(F)(F)F. The van der Waals surface area contributed by atoms with E-state index in [0.29, 0.717) is 59.2 Å². The third-order valence-electron chi connectivity index (χ3n) is 8.31. The molecule has 1 saturated heterocycles. The van der Waals surface area contributed by atoms with E-state index in [1.54, 1.807) is 60.7 Å². The van der Waals surface area contributed by atoms with Crippen LogP contribution in [-0.4, -0.2) is 86.4 Å². The van der Waals surface area contributed by atoms with Crippen LogP contribution in [0.2, 0.25) is 0 Å². The van der Waals surface area contributed by atoms with Crippen molar-refractivity contribution in [1.29, 1.82) is 0 Å². The Kier molecular flexibility index (Phi) is 13.0. The number of halogens is 7. The number of urea groups is 1. The number of nitrogens with one attached hydrogen (secondary N) is 2. The smallest absolute Gasteiger partial charge is 0.475 e. The molecular weight excluding hydrogens is 773 g/mol. The molecule has 1 fully saturated rings. The van der Waals surface area contributed by atoms with Gasteiger partial charge < -0.3 is 36.9 Å². The van der Waals surface area contributed by atoms with Crippen molar-refractivity contribution < 1.29 is 60.1 Å². The highest BCUT2D eigenvalue weighted by Gasteiger charge is 2.39. The summed E-state index contributed by atoms with van der Waals surface area (Å²) >= 11 is 0. The van der Waals surface area contributed by atoms with E-state index in [4.69, 9.17) is 31.3 Å². The number of imidazole rings is 1. The summed E-state index contributed by atoms with van der Waals surface area (Å²) < 4.78 is 80.1. The predicted octanol–water partition coefficient (Wildman–Crippen LogP) is 6.35. The maximum atomic E-state index is 16.6. The summed E-state index contributed by atoms with van der Waals surface area (Å²) in [5.41, 5.74) is 15.3. The number of benzene rings is 3. The van der Waals surface area contributed by atoms with Gasteiger partial charge in [-0.1, -0.05) is 31.2 Å². The van der Waals surface area contributed by atoms with Crippen LogP contribution in [0.1, 0.15) is 40.3 Å². The lowest BCUT2D eigenvalue weighted by Crippen LogP contribution is -2.30. The first-order valence-corrected chi connectivity index (χ1v) is 16.4. The third kappa shape index (κ3) is 10.2. The lowest BCUT2D eigenvalue weighted by Gasteiger charge is -2.24. The van der Waals surface area contributed by atoms with E-state index in [2.05, 4.69) is 20.3 Å². The number of carbonyl (C=O) groups excluding carboxylic acids is 2. The average Bonchev–Trinajstić information content (AvgIpc) is 3.77. The molecule has 0 aliphatic carbocycles. The van der Waals surface area contributed by atoms with Crippen LogP contribution in [0.5, 0.6) is 0 Å². The van der Waals surface area contributed by atoms with Crippen molar-refractivity contribution in [3.05, 3.63) is 101 Å². The minimum Gasteiger partial charge on any atom is -0.475 e. The van der Waals surface area contributed by atoms with Crippen LogP contribution >= 0.6 is 0 Å². The number of nitrogens with two attached hydrogens (primary N) is 2. The summed E-state index contributed by atoms with van der Waals surface area (Å²) in [4.78, 5) is 57.9. The molecule has 5 aromatic rings. The van der Waals surface area contributed by atoms with Crippen molar-refractivity contribution in [3.63, 3.8) is 0 Å². The predicted molar refractivity (Wildman–Crippen MR) is 193 cm³/mol. The number of nitrogens with zero attached hydrogens (tertiary/aromatic N) is 4. The van der Waals surface area contributed by atoms with Gasteiger partial charge in [-0.25, -0.2) is 28.7 Å². The summed E-state index contributed by atoms with van der Waals surface area (Å²) in [5, 5.41) is 19.4. The Labute approximate surface area is 317 Å². The molecule has 6 rings (SSSR count). The lowest BCUT2D eigenvalue weighted by molar-refractivity contribution is -0.193. The molecule has 0 radical (unpaired) electrons. The molecule has 14 nitrogen and oxygen atoms in total. The summed E-state index contributed by atoms with van der Waals surface area (Å²) in [5.74, 6) is -5.79. The molecule has 3 heterocycles. The third-order valence-corrected chi connectivity index (χ3v) is 8.31. The van der Waals surface area contributed by atoms with Crippen LogP contribution in [0, 0.1) is 5.82 Å². The molecule has 21 heteroatoms. The van der Waals surface area contributed by atoms with Gasteiger partial charge in [0.05, 0.1) is 17.6 Å². The van der Waals surface area contributed by atoms with Gasteiger partial charge in [0.15, 0.2) is 5.82 Å². The van der Waals surface area contributed by atoms with Gasteiger partial charge >= 0.3 is 30.3 Å². The van der Waals surface area contributed by atoms with Crippen LogP contribution in [0.4, 0.5) is 52.7 Å². The van der Waals surface area contributed by atoms with Crippen molar-refractivity contribution >= 4 is 51.8 Å². The van der Waals surface area contributed by atoms with Crippen LogP contribution in [0.25, 0.3) is 22.0 Å². The molecule has 57 heavy (non-hydrogen) atoms. The number of carbonyl (C=O) groups is 4. The zero-order valence-electron chi connectivity index (χ0n) is 29.7. The van der Waals surface area contributed by atoms with E-state index in [0.717, 1.165) is 16.3 Å². The zero-order chi connectivity index (χ0) is 42.4. The minimum atomic E-state index is -5.08. The molecule has 1 unspecified atom stereocenters. The average molecular weight is 807 g/mol. The Balaban J connectivity index is 0.000000440. The molecule has 1 aliphatic heterocycles. The van der Waals surface area contributed by atoms with Gasteiger partial charge in [-0.2, -0.15) is 26.3 Å². The van der Waals surface area contributed by atoms with Gasteiger partial charge in [0, 0.05) is 54.1 Å². The fourth-order valence-electron chi connectivity index (χ4n) is 5.48. The molecule has 302 valence electrons. The number of nitrogen functional groups attached to an aromatic ring is 1. The van der Waals surface area contributed by atoms with Crippen LogP contribution < -0.4 is 21.7 Å². The van der Waals surface area contributed by atoms with E-state index in [1.807, 2.05) is 31.2 Å². The van der Waals surface area contributed by atoms with Crippen LogP contribution in [0.3, 0.4) is 0 Å². The fraction of sp³-hybridized carbons (Fsp3) is 0.222. The number of primary amides is 1. The molecule has 1 atom stereocenters. The molecule has 2 aromatic heterocycles. The van der Waals surface area contributed by atoms with Gasteiger partial charge in [0.2, 0.25) is 5.91 Å². The molecule has 0 bridgehead atoms. The fourth-order valence-corrected chi connectivity index (χ4v) is 5.48. The number of rotatable bonds is 8. The maximum absolute atomic E-state index is 16.6. The normalized spacial score (nSPS) is 13.3. The number of carboxylic acid groups (broad SMARTS) is 2. The maximum Gasteiger partial charge on any atom is 0.490 e. The lowest BCUT2D eigenvalue weighted by atomic mass is 9.98. The molecule has 3 amide bonds. The van der Waals surface area contributed by atoms with Crippen molar-refractivity contribution in [2.75, 3.05) is 36.1 Å². The first-order chi connectivity index (χ1) is 26.6. The number of hydrogen-bond donors (Lipinski definition) is 6. The molecule has 8 N–H and O–H groups in total. The van der Waals surface area contributed by atoms with E-state index >= 15 is 4.39 Å².